The second kappa shape index (κ2) is 4.19. The first-order chi connectivity index (χ1) is 5.38. The Labute approximate surface area is 68.6 Å². The van der Waals surface area contributed by atoms with Gasteiger partial charge in [-0.1, -0.05) is 12.7 Å². The summed E-state index contributed by atoms with van der Waals surface area (Å²) in [5.41, 5.74) is 1.26. The minimum Gasteiger partial charge on any atom is -0.369 e. The van der Waals surface area contributed by atoms with Crippen LogP contribution in [0.2, 0.25) is 0 Å². The number of nitrogens with zero attached hydrogens (tertiary/aromatic N) is 1. The molecule has 1 aliphatic rings. The van der Waals surface area contributed by atoms with Crippen molar-refractivity contribution in [2.24, 2.45) is 0 Å². The third-order valence-corrected chi connectivity index (χ3v) is 1.99. The molecular formula is C9H16N2. The molecule has 0 atom stereocenters. The quantitative estimate of drug-likeness (QED) is 0.593. The Morgan fingerprint density at radius 3 is 2.55 bits per heavy atom. The van der Waals surface area contributed by atoms with E-state index >= 15 is 0 Å². The Morgan fingerprint density at radius 2 is 2.09 bits per heavy atom. The molecule has 0 aliphatic carbocycles. The van der Waals surface area contributed by atoms with Crippen LogP contribution in [0.4, 0.5) is 0 Å². The number of hydrogen-bond acceptors (Lipinski definition) is 2. The molecule has 0 unspecified atom stereocenters. The molecule has 1 N–H and O–H groups in total. The van der Waals surface area contributed by atoms with E-state index in [-0.39, 0.29) is 0 Å². The molecule has 1 aliphatic heterocycles. The Hall–Kier alpha value is -0.760. The summed E-state index contributed by atoms with van der Waals surface area (Å²) in [6.07, 6.45) is 4.03. The summed E-state index contributed by atoms with van der Waals surface area (Å²) in [5, 5.41) is 3.31. The van der Waals surface area contributed by atoms with Gasteiger partial charge in [0.2, 0.25) is 0 Å². The molecule has 1 rings (SSSR count). The molecule has 62 valence electrons. The first-order valence-corrected chi connectivity index (χ1v) is 4.13. The topological polar surface area (TPSA) is 15.3 Å². The van der Waals surface area contributed by atoms with E-state index in [4.69, 9.17) is 0 Å². The lowest BCUT2D eigenvalue weighted by atomic mass is 10.3. The highest BCUT2D eigenvalue weighted by Crippen LogP contribution is 2.05. The van der Waals surface area contributed by atoms with Crippen LogP contribution < -0.4 is 5.32 Å². The lowest BCUT2D eigenvalue weighted by Gasteiger charge is -2.30. The fraction of sp³-hybridized carbons (Fsp3) is 0.556. The van der Waals surface area contributed by atoms with E-state index in [1.165, 1.54) is 5.70 Å². The van der Waals surface area contributed by atoms with Gasteiger partial charge in [0.25, 0.3) is 0 Å². The maximum absolute atomic E-state index is 3.78. The zero-order valence-electron chi connectivity index (χ0n) is 7.14. The second-order valence-corrected chi connectivity index (χ2v) is 2.65. The van der Waals surface area contributed by atoms with Crippen LogP contribution in [-0.4, -0.2) is 31.1 Å². The number of hydrogen-bond donors (Lipinski definition) is 1. The van der Waals surface area contributed by atoms with Crippen molar-refractivity contribution in [3.63, 3.8) is 0 Å². The van der Waals surface area contributed by atoms with Crippen molar-refractivity contribution >= 4 is 0 Å². The minimum absolute atomic E-state index is 1.09. The van der Waals surface area contributed by atoms with Crippen molar-refractivity contribution < 1.29 is 0 Å². The van der Waals surface area contributed by atoms with Crippen molar-refractivity contribution in [3.8, 4) is 0 Å². The summed E-state index contributed by atoms with van der Waals surface area (Å²) < 4.78 is 0. The molecule has 2 nitrogen and oxygen atoms in total. The summed E-state index contributed by atoms with van der Waals surface area (Å²) in [6, 6.07) is 0. The van der Waals surface area contributed by atoms with Crippen LogP contribution in [0.1, 0.15) is 6.92 Å². The van der Waals surface area contributed by atoms with E-state index in [0.717, 1.165) is 26.2 Å². The first kappa shape index (κ1) is 8.34. The summed E-state index contributed by atoms with van der Waals surface area (Å²) in [5.74, 6) is 0. The molecule has 0 spiro atoms. The van der Waals surface area contributed by atoms with Crippen molar-refractivity contribution in [2.75, 3.05) is 26.2 Å². The number of nitrogens with one attached hydrogen (secondary N) is 1. The van der Waals surface area contributed by atoms with E-state index < -0.39 is 0 Å². The van der Waals surface area contributed by atoms with Gasteiger partial charge in [0, 0.05) is 31.9 Å². The largest absolute Gasteiger partial charge is 0.369 e. The average molecular weight is 152 g/mol. The van der Waals surface area contributed by atoms with Crippen LogP contribution in [-0.2, 0) is 0 Å². The molecule has 0 radical (unpaired) electrons. The Morgan fingerprint density at radius 1 is 1.45 bits per heavy atom. The summed E-state index contributed by atoms with van der Waals surface area (Å²) >= 11 is 0. The normalized spacial score (nSPS) is 20.1. The van der Waals surface area contributed by atoms with Gasteiger partial charge in [-0.25, -0.2) is 0 Å². The van der Waals surface area contributed by atoms with Crippen molar-refractivity contribution in [1.82, 2.24) is 10.2 Å². The zero-order valence-corrected chi connectivity index (χ0v) is 7.14. The van der Waals surface area contributed by atoms with Crippen LogP contribution in [0, 0.1) is 0 Å². The third kappa shape index (κ3) is 2.09. The summed E-state index contributed by atoms with van der Waals surface area (Å²) in [7, 11) is 0. The lowest BCUT2D eigenvalue weighted by Crippen LogP contribution is -2.42. The Kier molecular flexibility index (Phi) is 3.17. The van der Waals surface area contributed by atoms with E-state index in [1.54, 1.807) is 0 Å². The van der Waals surface area contributed by atoms with E-state index in [2.05, 4.69) is 29.8 Å². The maximum Gasteiger partial charge on any atom is 0.0317 e. The molecule has 0 amide bonds. The number of rotatable bonds is 2. The number of allylic oxidation sites excluding steroid dienone is 2. The minimum atomic E-state index is 1.09. The molecule has 0 aromatic heterocycles. The smallest absolute Gasteiger partial charge is 0.0317 e. The zero-order chi connectivity index (χ0) is 8.10. The van der Waals surface area contributed by atoms with Gasteiger partial charge < -0.3 is 10.2 Å². The number of piperazine rings is 1. The van der Waals surface area contributed by atoms with Crippen molar-refractivity contribution in [3.05, 3.63) is 24.4 Å². The Balaban J connectivity index is 2.49. The van der Waals surface area contributed by atoms with Crippen LogP contribution in [0.5, 0.6) is 0 Å². The van der Waals surface area contributed by atoms with Crippen LogP contribution >= 0.6 is 0 Å². The van der Waals surface area contributed by atoms with Crippen molar-refractivity contribution in [2.45, 2.75) is 6.92 Å². The highest BCUT2D eigenvalue weighted by molar-refractivity contribution is 5.14. The fourth-order valence-electron chi connectivity index (χ4n) is 1.35. The fourth-order valence-corrected chi connectivity index (χ4v) is 1.35. The molecule has 0 bridgehead atoms. The predicted octanol–water partition coefficient (Wildman–Crippen LogP) is 0.981. The maximum atomic E-state index is 3.78. The van der Waals surface area contributed by atoms with Gasteiger partial charge in [-0.05, 0) is 13.0 Å². The van der Waals surface area contributed by atoms with E-state index in [9.17, 15) is 0 Å². The highest BCUT2D eigenvalue weighted by atomic mass is 15.2. The molecule has 0 saturated carbocycles. The predicted molar refractivity (Wildman–Crippen MR) is 48.4 cm³/mol. The van der Waals surface area contributed by atoms with E-state index in [0.29, 0.717) is 0 Å². The van der Waals surface area contributed by atoms with Crippen LogP contribution in [0.25, 0.3) is 0 Å². The van der Waals surface area contributed by atoms with Gasteiger partial charge in [-0.3, -0.25) is 0 Å². The van der Waals surface area contributed by atoms with Gasteiger partial charge in [0.15, 0.2) is 0 Å². The van der Waals surface area contributed by atoms with Gasteiger partial charge in [0.05, 0.1) is 0 Å². The van der Waals surface area contributed by atoms with Gasteiger partial charge in [-0.15, -0.1) is 0 Å². The van der Waals surface area contributed by atoms with Gasteiger partial charge in [-0.2, -0.15) is 0 Å². The molecular weight excluding hydrogens is 136 g/mol. The van der Waals surface area contributed by atoms with Crippen LogP contribution in [0.15, 0.2) is 24.4 Å². The van der Waals surface area contributed by atoms with Gasteiger partial charge in [0.1, 0.15) is 0 Å². The first-order valence-electron chi connectivity index (χ1n) is 4.13. The third-order valence-electron chi connectivity index (χ3n) is 1.99. The molecule has 11 heavy (non-hydrogen) atoms. The molecule has 2 heteroatoms. The van der Waals surface area contributed by atoms with E-state index in [1.807, 2.05) is 6.08 Å². The highest BCUT2D eigenvalue weighted by Gasteiger charge is 2.08. The average Bonchev–Trinajstić information content (AvgIpc) is 2.09. The molecule has 0 aromatic rings. The molecule has 1 heterocycles. The standard InChI is InChI=1S/C9H16N2/c1-3-9(4-2)11-7-5-10-6-8-11/h3-4,10H,1,5-8H2,2H3/b9-4-. The van der Waals surface area contributed by atoms with Crippen molar-refractivity contribution in [1.29, 1.82) is 0 Å². The Bertz CT molecular complexity index is 155. The monoisotopic (exact) mass is 152 g/mol. The molecule has 1 fully saturated rings. The SMILES string of the molecule is C=C/C(=C/C)N1CCNCC1. The summed E-state index contributed by atoms with van der Waals surface area (Å²) in [4.78, 5) is 2.35. The molecule has 0 aromatic carbocycles. The van der Waals surface area contributed by atoms with Gasteiger partial charge >= 0.3 is 0 Å². The molecule has 1 saturated heterocycles. The van der Waals surface area contributed by atoms with Crippen LogP contribution in [0.3, 0.4) is 0 Å². The lowest BCUT2D eigenvalue weighted by molar-refractivity contribution is 0.307. The summed E-state index contributed by atoms with van der Waals surface area (Å²) in [6.45, 7) is 10.2. The second-order valence-electron chi connectivity index (χ2n) is 2.65.